The van der Waals surface area contributed by atoms with Gasteiger partial charge in [-0.3, -0.25) is 9.78 Å². The van der Waals surface area contributed by atoms with Gasteiger partial charge in [0.05, 0.1) is 11.4 Å². The molecule has 0 aliphatic rings. The number of esters is 1. The molecule has 128 valence electrons. The first-order valence-corrected chi connectivity index (χ1v) is 8.51. The van der Waals surface area contributed by atoms with E-state index in [9.17, 15) is 9.59 Å². The van der Waals surface area contributed by atoms with E-state index in [1.165, 1.54) is 11.3 Å². The Morgan fingerprint density at radius 2 is 2.08 bits per heavy atom. The SMILES string of the molecule is CCC(C)(C)NC(=O)COC(=O)c1sc(-c2ccccn2)nc1C. The van der Waals surface area contributed by atoms with E-state index in [2.05, 4.69) is 15.3 Å². The van der Waals surface area contributed by atoms with E-state index in [0.29, 0.717) is 21.3 Å². The maximum absolute atomic E-state index is 12.2. The second-order valence-electron chi connectivity index (χ2n) is 6.01. The summed E-state index contributed by atoms with van der Waals surface area (Å²) < 4.78 is 5.11. The van der Waals surface area contributed by atoms with E-state index in [-0.39, 0.29) is 18.1 Å². The van der Waals surface area contributed by atoms with Gasteiger partial charge in [0, 0.05) is 11.7 Å². The van der Waals surface area contributed by atoms with Crippen LogP contribution in [0.4, 0.5) is 0 Å². The van der Waals surface area contributed by atoms with Crippen LogP contribution in [-0.2, 0) is 9.53 Å². The van der Waals surface area contributed by atoms with Gasteiger partial charge in [-0.2, -0.15) is 0 Å². The molecule has 0 bridgehead atoms. The number of rotatable bonds is 6. The molecule has 0 aliphatic carbocycles. The molecule has 2 heterocycles. The molecule has 7 heteroatoms. The summed E-state index contributed by atoms with van der Waals surface area (Å²) in [6, 6.07) is 5.50. The number of carbonyl (C=O) groups excluding carboxylic acids is 2. The molecule has 0 unspecified atom stereocenters. The minimum absolute atomic E-state index is 0.307. The maximum atomic E-state index is 12.2. The van der Waals surface area contributed by atoms with E-state index >= 15 is 0 Å². The molecule has 0 spiro atoms. The van der Waals surface area contributed by atoms with E-state index in [1.807, 2.05) is 39.0 Å². The number of aryl methyl sites for hydroxylation is 1. The zero-order valence-electron chi connectivity index (χ0n) is 14.3. The molecule has 0 saturated heterocycles. The highest BCUT2D eigenvalue weighted by Crippen LogP contribution is 2.26. The van der Waals surface area contributed by atoms with Gasteiger partial charge in [0.25, 0.3) is 5.91 Å². The second-order valence-corrected chi connectivity index (χ2v) is 7.01. The lowest BCUT2D eigenvalue weighted by Gasteiger charge is -2.24. The van der Waals surface area contributed by atoms with Crippen LogP contribution < -0.4 is 5.32 Å². The summed E-state index contributed by atoms with van der Waals surface area (Å²) in [6.45, 7) is 7.24. The first kappa shape index (κ1) is 18.1. The number of aromatic nitrogens is 2. The van der Waals surface area contributed by atoms with Gasteiger partial charge in [-0.15, -0.1) is 11.3 Å². The zero-order valence-corrected chi connectivity index (χ0v) is 15.1. The summed E-state index contributed by atoms with van der Waals surface area (Å²) >= 11 is 1.21. The molecule has 2 aromatic heterocycles. The van der Waals surface area contributed by atoms with Gasteiger partial charge in [0.2, 0.25) is 0 Å². The van der Waals surface area contributed by atoms with Crippen LogP contribution in [-0.4, -0.2) is 34.0 Å². The van der Waals surface area contributed by atoms with Crippen molar-refractivity contribution < 1.29 is 14.3 Å². The number of nitrogens with one attached hydrogen (secondary N) is 1. The van der Waals surface area contributed by atoms with Crippen LogP contribution in [0.25, 0.3) is 10.7 Å². The Kier molecular flexibility index (Phi) is 5.66. The van der Waals surface area contributed by atoms with Crippen molar-refractivity contribution in [3.63, 3.8) is 0 Å². The number of nitrogens with zero attached hydrogens (tertiary/aromatic N) is 2. The lowest BCUT2D eigenvalue weighted by Crippen LogP contribution is -2.44. The third kappa shape index (κ3) is 4.61. The van der Waals surface area contributed by atoms with Crippen molar-refractivity contribution in [1.82, 2.24) is 15.3 Å². The van der Waals surface area contributed by atoms with E-state index < -0.39 is 5.97 Å². The smallest absolute Gasteiger partial charge is 0.350 e. The fourth-order valence-electron chi connectivity index (χ4n) is 1.88. The van der Waals surface area contributed by atoms with Gasteiger partial charge in [-0.05, 0) is 39.3 Å². The molecule has 0 saturated carbocycles. The van der Waals surface area contributed by atoms with Gasteiger partial charge < -0.3 is 10.1 Å². The molecular formula is C17H21N3O3S. The Balaban J connectivity index is 2.01. The van der Waals surface area contributed by atoms with Gasteiger partial charge in [-0.1, -0.05) is 13.0 Å². The number of hydrogen-bond donors (Lipinski definition) is 1. The highest BCUT2D eigenvalue weighted by Gasteiger charge is 2.21. The minimum Gasteiger partial charge on any atom is -0.451 e. The van der Waals surface area contributed by atoms with Gasteiger partial charge in [-0.25, -0.2) is 9.78 Å². The van der Waals surface area contributed by atoms with Crippen molar-refractivity contribution in [3.8, 4) is 10.7 Å². The third-order valence-electron chi connectivity index (χ3n) is 3.56. The van der Waals surface area contributed by atoms with Crippen molar-refractivity contribution in [1.29, 1.82) is 0 Å². The molecule has 0 aromatic carbocycles. The van der Waals surface area contributed by atoms with Gasteiger partial charge >= 0.3 is 5.97 Å². The highest BCUT2D eigenvalue weighted by atomic mass is 32.1. The first-order chi connectivity index (χ1) is 11.3. The van der Waals surface area contributed by atoms with E-state index in [4.69, 9.17) is 4.74 Å². The number of pyridine rings is 1. The summed E-state index contributed by atoms with van der Waals surface area (Å²) in [5, 5.41) is 3.47. The van der Waals surface area contributed by atoms with Crippen LogP contribution in [0.15, 0.2) is 24.4 Å². The number of thiazole rings is 1. The molecule has 0 atom stereocenters. The Morgan fingerprint density at radius 3 is 2.71 bits per heavy atom. The average Bonchev–Trinajstić information content (AvgIpc) is 2.95. The van der Waals surface area contributed by atoms with Crippen LogP contribution in [0, 0.1) is 6.92 Å². The van der Waals surface area contributed by atoms with E-state index in [0.717, 1.165) is 6.42 Å². The average molecular weight is 347 g/mol. The fraction of sp³-hybridized carbons (Fsp3) is 0.412. The quantitative estimate of drug-likeness (QED) is 0.813. The predicted octanol–water partition coefficient (Wildman–Crippen LogP) is 2.98. The molecule has 24 heavy (non-hydrogen) atoms. The molecule has 0 radical (unpaired) electrons. The van der Waals surface area contributed by atoms with Gasteiger partial charge in [0.1, 0.15) is 9.88 Å². The summed E-state index contributed by atoms with van der Waals surface area (Å²) in [5.74, 6) is -0.862. The van der Waals surface area contributed by atoms with Crippen LogP contribution in [0.3, 0.4) is 0 Å². The standard InChI is InChI=1S/C17H21N3O3S/c1-5-17(3,4)20-13(21)10-23-16(22)14-11(2)19-15(24-14)12-8-6-7-9-18-12/h6-9H,5,10H2,1-4H3,(H,20,21). The molecule has 6 nitrogen and oxygen atoms in total. The second kappa shape index (κ2) is 7.53. The Bertz CT molecular complexity index is 726. The van der Waals surface area contributed by atoms with Crippen molar-refractivity contribution in [2.45, 2.75) is 39.7 Å². The van der Waals surface area contributed by atoms with Gasteiger partial charge in [0.15, 0.2) is 6.61 Å². The molecule has 2 rings (SSSR count). The Morgan fingerprint density at radius 1 is 1.33 bits per heavy atom. The van der Waals surface area contributed by atoms with Crippen molar-refractivity contribution in [2.75, 3.05) is 6.61 Å². The number of amides is 1. The zero-order chi connectivity index (χ0) is 17.7. The van der Waals surface area contributed by atoms with E-state index in [1.54, 1.807) is 13.1 Å². The topological polar surface area (TPSA) is 81.2 Å². The number of hydrogen-bond acceptors (Lipinski definition) is 6. The lowest BCUT2D eigenvalue weighted by molar-refractivity contribution is -0.125. The summed E-state index contributed by atoms with van der Waals surface area (Å²) in [7, 11) is 0. The Hall–Kier alpha value is -2.28. The lowest BCUT2D eigenvalue weighted by atomic mass is 10.0. The number of ether oxygens (including phenoxy) is 1. The molecule has 0 aliphatic heterocycles. The highest BCUT2D eigenvalue weighted by molar-refractivity contribution is 7.17. The van der Waals surface area contributed by atoms with Crippen LogP contribution in [0.1, 0.15) is 42.6 Å². The van der Waals surface area contributed by atoms with Crippen molar-refractivity contribution in [2.24, 2.45) is 0 Å². The molecule has 0 fully saturated rings. The number of carbonyl (C=O) groups is 2. The minimum atomic E-state index is -0.545. The molecular weight excluding hydrogens is 326 g/mol. The van der Waals surface area contributed by atoms with Crippen LogP contribution in [0.5, 0.6) is 0 Å². The van der Waals surface area contributed by atoms with Crippen LogP contribution >= 0.6 is 11.3 Å². The van der Waals surface area contributed by atoms with Crippen LogP contribution in [0.2, 0.25) is 0 Å². The predicted molar refractivity (Wildman–Crippen MR) is 92.9 cm³/mol. The van der Waals surface area contributed by atoms with Crippen molar-refractivity contribution >= 4 is 23.2 Å². The Labute approximate surface area is 145 Å². The summed E-state index contributed by atoms with van der Waals surface area (Å²) in [5.41, 5.74) is 0.947. The fourth-order valence-corrected chi connectivity index (χ4v) is 2.82. The summed E-state index contributed by atoms with van der Waals surface area (Å²) in [4.78, 5) is 33.0. The molecule has 1 amide bonds. The largest absolute Gasteiger partial charge is 0.451 e. The normalized spacial score (nSPS) is 11.2. The molecule has 1 N–H and O–H groups in total. The monoisotopic (exact) mass is 347 g/mol. The third-order valence-corrected chi connectivity index (χ3v) is 4.72. The first-order valence-electron chi connectivity index (χ1n) is 7.69. The summed E-state index contributed by atoms with van der Waals surface area (Å²) in [6.07, 6.45) is 2.46. The van der Waals surface area contributed by atoms with Crippen molar-refractivity contribution in [3.05, 3.63) is 35.0 Å². The maximum Gasteiger partial charge on any atom is 0.350 e. The molecule has 2 aromatic rings.